The van der Waals surface area contributed by atoms with Crippen LogP contribution in [0.5, 0.6) is 5.75 Å². The summed E-state index contributed by atoms with van der Waals surface area (Å²) in [6.45, 7) is 2.26. The van der Waals surface area contributed by atoms with Gasteiger partial charge < -0.3 is 9.64 Å². The molecule has 2 rings (SSSR count). The molecule has 0 spiro atoms. The van der Waals surface area contributed by atoms with E-state index < -0.39 is 0 Å². The van der Waals surface area contributed by atoms with Crippen LogP contribution >= 0.6 is 11.8 Å². The molecule has 25 heavy (non-hydrogen) atoms. The summed E-state index contributed by atoms with van der Waals surface area (Å²) in [7, 11) is 1.62. The Morgan fingerprint density at radius 2 is 2.16 bits per heavy atom. The van der Waals surface area contributed by atoms with E-state index in [1.54, 1.807) is 31.9 Å². The second-order valence-corrected chi connectivity index (χ2v) is 6.87. The first-order chi connectivity index (χ1) is 12.0. The number of hydrogen-bond acceptors (Lipinski definition) is 5. The van der Waals surface area contributed by atoms with Crippen molar-refractivity contribution in [1.82, 2.24) is 9.80 Å². The van der Waals surface area contributed by atoms with Crippen LogP contribution < -0.4 is 4.74 Å². The minimum absolute atomic E-state index is 0.184. The molecule has 0 heterocycles. The molecule has 0 unspecified atom stereocenters. The van der Waals surface area contributed by atoms with Gasteiger partial charge in [0.05, 0.1) is 18.6 Å². The predicted octanol–water partition coefficient (Wildman–Crippen LogP) is 3.49. The summed E-state index contributed by atoms with van der Waals surface area (Å²) >= 11 is 1.60. The van der Waals surface area contributed by atoms with Crippen molar-refractivity contribution < 1.29 is 9.53 Å². The molecule has 0 aliphatic heterocycles. The molecule has 7 heteroatoms. The van der Waals surface area contributed by atoms with E-state index in [4.69, 9.17) is 15.6 Å². The van der Waals surface area contributed by atoms with Crippen LogP contribution in [0.4, 0.5) is 0 Å². The van der Waals surface area contributed by atoms with Crippen LogP contribution in [0, 0.1) is 16.7 Å². The van der Waals surface area contributed by atoms with E-state index in [0.717, 1.165) is 16.8 Å². The van der Waals surface area contributed by atoms with Crippen molar-refractivity contribution in [3.05, 3.63) is 30.0 Å². The molecule has 1 aliphatic carbocycles. The predicted molar refractivity (Wildman–Crippen MR) is 102 cm³/mol. The van der Waals surface area contributed by atoms with E-state index >= 15 is 0 Å². The van der Waals surface area contributed by atoms with Crippen molar-refractivity contribution in [2.24, 2.45) is 5.92 Å². The lowest BCUT2D eigenvalue weighted by molar-refractivity contribution is -0.114. The Bertz CT molecular complexity index is 686. The van der Waals surface area contributed by atoms with Gasteiger partial charge in [-0.15, -0.1) is 11.8 Å². The normalized spacial score (nSPS) is 14.0. The summed E-state index contributed by atoms with van der Waals surface area (Å²) in [6, 6.07) is 5.87. The molecule has 1 aromatic carbocycles. The number of nitrogens with zero attached hydrogens (tertiary/aromatic N) is 2. The number of rotatable bonds is 9. The zero-order valence-corrected chi connectivity index (χ0v) is 15.6. The highest BCUT2D eigenvalue weighted by Gasteiger charge is 2.24. The standard InChI is InChI=1S/C18H24N4O2S/c1-13(20)22(11-19)17(9-21(2)12-23)16-8-15(25-3)6-7-18(16)24-10-14-4-5-14/h6-9,11-12,14,19-20H,4-5,10H2,1-3H3/b17-9-,19-11?,20-13?. The van der Waals surface area contributed by atoms with Crippen LogP contribution in [0.15, 0.2) is 29.3 Å². The molecule has 134 valence electrons. The van der Waals surface area contributed by atoms with Gasteiger partial charge in [0.2, 0.25) is 6.41 Å². The molecule has 1 saturated carbocycles. The average Bonchev–Trinajstić information content (AvgIpc) is 3.43. The fourth-order valence-electron chi connectivity index (χ4n) is 2.29. The lowest BCUT2D eigenvalue weighted by atomic mass is 10.1. The number of benzene rings is 1. The molecule has 0 atom stereocenters. The van der Waals surface area contributed by atoms with Crippen LogP contribution in [0.2, 0.25) is 0 Å². The smallest absolute Gasteiger partial charge is 0.213 e. The van der Waals surface area contributed by atoms with Gasteiger partial charge in [-0.25, -0.2) is 0 Å². The quantitative estimate of drug-likeness (QED) is 0.306. The number of nitrogens with one attached hydrogen (secondary N) is 2. The highest BCUT2D eigenvalue weighted by molar-refractivity contribution is 7.98. The van der Waals surface area contributed by atoms with Crippen molar-refractivity contribution in [3.8, 4) is 5.75 Å². The SMILES string of the molecule is CSc1ccc(OCC2CC2)c(/C(=C/N(C)C=O)N(C=N)C(C)=N)c1. The molecular formula is C18H24N4O2S. The van der Waals surface area contributed by atoms with Gasteiger partial charge in [-0.1, -0.05) is 0 Å². The van der Waals surface area contributed by atoms with E-state index in [1.165, 1.54) is 22.6 Å². The van der Waals surface area contributed by atoms with Gasteiger partial charge >= 0.3 is 0 Å². The van der Waals surface area contributed by atoms with Crippen LogP contribution in [-0.2, 0) is 4.79 Å². The number of amidine groups is 1. The lowest BCUT2D eigenvalue weighted by Crippen LogP contribution is -2.27. The fourth-order valence-corrected chi connectivity index (χ4v) is 2.73. The van der Waals surface area contributed by atoms with Gasteiger partial charge in [0.25, 0.3) is 0 Å². The zero-order chi connectivity index (χ0) is 18.4. The van der Waals surface area contributed by atoms with Crippen molar-refractivity contribution in [2.75, 3.05) is 19.9 Å². The number of carbonyl (C=O) groups excluding carboxylic acids is 1. The zero-order valence-electron chi connectivity index (χ0n) is 14.8. The van der Waals surface area contributed by atoms with Crippen LogP contribution in [0.1, 0.15) is 25.3 Å². The fraction of sp³-hybridized carbons (Fsp3) is 0.389. The highest BCUT2D eigenvalue weighted by atomic mass is 32.2. The third-order valence-corrected chi connectivity index (χ3v) is 4.60. The first-order valence-corrected chi connectivity index (χ1v) is 9.27. The Labute approximate surface area is 152 Å². The number of ether oxygens (including phenoxy) is 1. The Morgan fingerprint density at radius 1 is 1.44 bits per heavy atom. The van der Waals surface area contributed by atoms with E-state index in [2.05, 4.69) is 0 Å². The Balaban J connectivity index is 2.51. The van der Waals surface area contributed by atoms with Crippen molar-refractivity contribution in [1.29, 1.82) is 10.8 Å². The number of carbonyl (C=O) groups is 1. The molecule has 6 nitrogen and oxygen atoms in total. The summed E-state index contributed by atoms with van der Waals surface area (Å²) in [6.07, 6.45) is 7.75. The molecule has 1 aliphatic rings. The minimum Gasteiger partial charge on any atom is -0.493 e. The maximum absolute atomic E-state index is 11.1. The number of hydrogen-bond donors (Lipinski definition) is 2. The molecule has 1 aromatic rings. The third kappa shape index (κ3) is 5.09. The summed E-state index contributed by atoms with van der Waals surface area (Å²) in [5.41, 5.74) is 1.31. The van der Waals surface area contributed by atoms with E-state index in [-0.39, 0.29) is 5.84 Å². The van der Waals surface area contributed by atoms with Crippen LogP contribution in [-0.4, -0.2) is 48.3 Å². The van der Waals surface area contributed by atoms with Crippen molar-refractivity contribution >= 4 is 36.0 Å². The Kier molecular flexibility index (Phi) is 6.64. The molecule has 1 fully saturated rings. The topological polar surface area (TPSA) is 80.5 Å². The van der Waals surface area contributed by atoms with Gasteiger partial charge in [-0.05, 0) is 50.1 Å². The summed E-state index contributed by atoms with van der Waals surface area (Å²) in [5, 5.41) is 15.6. The van der Waals surface area contributed by atoms with E-state index in [0.29, 0.717) is 30.4 Å². The first-order valence-electron chi connectivity index (χ1n) is 8.05. The third-order valence-electron chi connectivity index (χ3n) is 3.88. The second-order valence-electron chi connectivity index (χ2n) is 5.99. The lowest BCUT2D eigenvalue weighted by Gasteiger charge is -2.24. The van der Waals surface area contributed by atoms with Gasteiger partial charge in [0, 0.05) is 23.7 Å². The molecular weight excluding hydrogens is 336 g/mol. The second kappa shape index (κ2) is 8.71. The molecule has 2 N–H and O–H groups in total. The van der Waals surface area contributed by atoms with Crippen LogP contribution in [0.3, 0.4) is 0 Å². The van der Waals surface area contributed by atoms with E-state index in [9.17, 15) is 4.79 Å². The molecule has 0 aromatic heterocycles. The average molecular weight is 360 g/mol. The minimum atomic E-state index is 0.184. The largest absolute Gasteiger partial charge is 0.493 e. The molecule has 1 amide bonds. The number of amides is 1. The summed E-state index contributed by atoms with van der Waals surface area (Å²) < 4.78 is 6.00. The van der Waals surface area contributed by atoms with E-state index in [1.807, 2.05) is 24.5 Å². The maximum Gasteiger partial charge on any atom is 0.213 e. The molecule has 0 bridgehead atoms. The van der Waals surface area contributed by atoms with Crippen LogP contribution in [0.25, 0.3) is 5.70 Å². The molecule has 0 saturated heterocycles. The monoisotopic (exact) mass is 360 g/mol. The Morgan fingerprint density at radius 3 is 2.68 bits per heavy atom. The van der Waals surface area contributed by atoms with Crippen molar-refractivity contribution in [2.45, 2.75) is 24.7 Å². The van der Waals surface area contributed by atoms with Gasteiger partial charge in [0.15, 0.2) is 0 Å². The summed E-state index contributed by atoms with van der Waals surface area (Å²) in [4.78, 5) is 14.9. The highest BCUT2D eigenvalue weighted by Crippen LogP contribution is 2.35. The molecule has 0 radical (unpaired) electrons. The maximum atomic E-state index is 11.1. The van der Waals surface area contributed by atoms with Gasteiger partial charge in [-0.2, -0.15) is 0 Å². The van der Waals surface area contributed by atoms with Gasteiger partial charge in [0.1, 0.15) is 11.6 Å². The van der Waals surface area contributed by atoms with Gasteiger partial charge in [-0.3, -0.25) is 20.5 Å². The first kappa shape index (κ1) is 19.1. The summed E-state index contributed by atoms with van der Waals surface area (Å²) in [5.74, 6) is 1.49. The van der Waals surface area contributed by atoms with Crippen molar-refractivity contribution in [3.63, 3.8) is 0 Å². The Hall–Kier alpha value is -2.28. The number of thioether (sulfide) groups is 1.